The van der Waals surface area contributed by atoms with Gasteiger partial charge in [0.15, 0.2) is 5.78 Å². The summed E-state index contributed by atoms with van der Waals surface area (Å²) in [4.78, 5) is 27.2. The predicted octanol–water partition coefficient (Wildman–Crippen LogP) is 6.33. The zero-order valence-corrected chi connectivity index (χ0v) is 22.7. The van der Waals surface area contributed by atoms with E-state index >= 15 is 0 Å². The summed E-state index contributed by atoms with van der Waals surface area (Å²) in [6.45, 7) is 2.16. The van der Waals surface area contributed by atoms with Crippen molar-refractivity contribution in [2.45, 2.75) is 31.6 Å². The number of allylic oxidation sites excluding steroid dienone is 3. The molecule has 0 radical (unpaired) electrons. The highest BCUT2D eigenvalue weighted by molar-refractivity contribution is 6.30. The Kier molecular flexibility index (Phi) is 8.03. The van der Waals surface area contributed by atoms with Crippen molar-refractivity contribution in [1.29, 1.82) is 0 Å². The minimum Gasteiger partial charge on any atom is -0.497 e. The van der Waals surface area contributed by atoms with Crippen molar-refractivity contribution in [2.24, 2.45) is 0 Å². The van der Waals surface area contributed by atoms with Gasteiger partial charge in [0.2, 0.25) is 0 Å². The molecule has 1 heterocycles. The van der Waals surface area contributed by atoms with Gasteiger partial charge in [-0.2, -0.15) is 0 Å². The maximum absolute atomic E-state index is 13.7. The molecule has 5 rings (SSSR count). The first-order valence-electron chi connectivity index (χ1n) is 12.9. The van der Waals surface area contributed by atoms with E-state index in [0.717, 1.165) is 16.8 Å². The van der Waals surface area contributed by atoms with E-state index in [2.05, 4.69) is 5.32 Å². The third kappa shape index (κ3) is 5.86. The minimum absolute atomic E-state index is 0.00901. The van der Waals surface area contributed by atoms with Crippen LogP contribution in [0.25, 0.3) is 0 Å². The van der Waals surface area contributed by atoms with Gasteiger partial charge in [-0.1, -0.05) is 54.1 Å². The molecule has 0 spiro atoms. The summed E-state index contributed by atoms with van der Waals surface area (Å²) in [5.74, 6) is 0.411. The monoisotopic (exact) mass is 543 g/mol. The molecule has 6 nitrogen and oxygen atoms in total. The van der Waals surface area contributed by atoms with Crippen LogP contribution in [0.3, 0.4) is 0 Å². The van der Waals surface area contributed by atoms with Crippen LogP contribution in [0, 0.1) is 0 Å². The molecule has 39 heavy (non-hydrogen) atoms. The van der Waals surface area contributed by atoms with Gasteiger partial charge in [-0.3, -0.25) is 4.79 Å². The molecule has 0 unspecified atom stereocenters. The number of hydrogen-bond acceptors (Lipinski definition) is 6. The number of halogens is 1. The number of ether oxygens (including phenoxy) is 3. The van der Waals surface area contributed by atoms with Gasteiger partial charge in [-0.25, -0.2) is 4.79 Å². The summed E-state index contributed by atoms with van der Waals surface area (Å²) < 4.78 is 16.7. The topological polar surface area (TPSA) is 73.9 Å². The van der Waals surface area contributed by atoms with Crippen LogP contribution in [0.2, 0.25) is 5.02 Å². The molecular formula is C32H30ClNO5. The zero-order chi connectivity index (χ0) is 27.4. The van der Waals surface area contributed by atoms with Crippen LogP contribution >= 0.6 is 11.6 Å². The summed E-state index contributed by atoms with van der Waals surface area (Å²) >= 11 is 6.08. The molecule has 0 saturated heterocycles. The molecule has 0 saturated carbocycles. The third-order valence-corrected chi connectivity index (χ3v) is 7.42. The number of hydrogen-bond donors (Lipinski definition) is 1. The summed E-state index contributed by atoms with van der Waals surface area (Å²) in [6, 6.07) is 24.5. The smallest absolute Gasteiger partial charge is 0.336 e. The van der Waals surface area contributed by atoms with Gasteiger partial charge in [0.05, 0.1) is 12.7 Å². The van der Waals surface area contributed by atoms with E-state index < -0.39 is 11.9 Å². The fraction of sp³-hybridized carbons (Fsp3) is 0.250. The van der Waals surface area contributed by atoms with E-state index in [4.69, 9.17) is 25.8 Å². The van der Waals surface area contributed by atoms with Gasteiger partial charge in [-0.05, 0) is 66.8 Å². The number of benzene rings is 3. The Morgan fingerprint density at radius 3 is 2.28 bits per heavy atom. The van der Waals surface area contributed by atoms with Crippen molar-refractivity contribution >= 4 is 23.4 Å². The lowest BCUT2D eigenvalue weighted by molar-refractivity contribution is -0.140. The van der Waals surface area contributed by atoms with Gasteiger partial charge in [0.25, 0.3) is 0 Å². The fourth-order valence-electron chi connectivity index (χ4n) is 5.30. The quantitative estimate of drug-likeness (QED) is 0.264. The SMILES string of the molecule is COc1ccc([C@H]2C(C(=O)OCCOc3ccccc3)=C(C)NC3=C2C(=O)C[C@H](c2ccc(Cl)cc2)C3)cc1. The molecule has 1 aliphatic heterocycles. The summed E-state index contributed by atoms with van der Waals surface area (Å²) in [5, 5.41) is 4.04. The predicted molar refractivity (Wildman–Crippen MR) is 150 cm³/mol. The average Bonchev–Trinajstić information content (AvgIpc) is 2.95. The first-order chi connectivity index (χ1) is 18.9. The maximum atomic E-state index is 13.7. The third-order valence-electron chi connectivity index (χ3n) is 7.17. The van der Waals surface area contributed by atoms with Gasteiger partial charge in [0, 0.05) is 34.3 Å². The molecule has 0 amide bonds. The van der Waals surface area contributed by atoms with Crippen molar-refractivity contribution in [3.63, 3.8) is 0 Å². The van der Waals surface area contributed by atoms with Crippen molar-refractivity contribution in [1.82, 2.24) is 5.32 Å². The highest BCUT2D eigenvalue weighted by Crippen LogP contribution is 2.46. The number of Topliss-reactive ketones (excluding diaryl/α,β-unsaturated/α-hetero) is 1. The van der Waals surface area contributed by atoms with E-state index in [1.165, 1.54) is 0 Å². The average molecular weight is 544 g/mol. The standard InChI is InChI=1S/C32H30ClNO5/c1-20-29(32(36)39-17-16-38-26-6-4-3-5-7-26)30(22-10-14-25(37-2)15-11-22)31-27(34-20)18-23(19-28(31)35)21-8-12-24(33)13-9-21/h3-15,23,30,34H,16-19H2,1-2H3/t23-,30+/m1/s1. The number of nitrogens with one attached hydrogen (secondary N) is 1. The van der Waals surface area contributed by atoms with E-state index in [1.807, 2.05) is 85.8 Å². The molecule has 3 aromatic rings. The second-order valence-corrected chi connectivity index (χ2v) is 10.1. The summed E-state index contributed by atoms with van der Waals surface area (Å²) in [6.07, 6.45) is 1.00. The largest absolute Gasteiger partial charge is 0.497 e. The molecule has 0 fully saturated rings. The molecule has 7 heteroatoms. The van der Waals surface area contributed by atoms with Gasteiger partial charge >= 0.3 is 5.97 Å². The maximum Gasteiger partial charge on any atom is 0.336 e. The number of dihydropyridines is 1. The number of esters is 1. The van der Waals surface area contributed by atoms with Crippen LogP contribution in [0.15, 0.2) is 101 Å². The Hall–Kier alpha value is -4.03. The minimum atomic E-state index is -0.548. The molecular weight excluding hydrogens is 514 g/mol. The van der Waals surface area contributed by atoms with Crippen LogP contribution in [0.4, 0.5) is 0 Å². The van der Waals surface area contributed by atoms with Crippen molar-refractivity contribution < 1.29 is 23.8 Å². The number of carbonyl (C=O) groups is 2. The molecule has 1 N–H and O–H groups in total. The Morgan fingerprint density at radius 2 is 1.59 bits per heavy atom. The summed E-state index contributed by atoms with van der Waals surface area (Å²) in [5.41, 5.74) is 4.45. The normalized spacial score (nSPS) is 18.8. The Balaban J connectivity index is 1.42. The molecule has 0 aromatic heterocycles. The second kappa shape index (κ2) is 11.8. The van der Waals surface area contributed by atoms with E-state index in [-0.39, 0.29) is 24.9 Å². The van der Waals surface area contributed by atoms with E-state index in [9.17, 15) is 9.59 Å². The fourth-order valence-corrected chi connectivity index (χ4v) is 5.42. The number of methoxy groups -OCH3 is 1. The number of ketones is 1. The highest BCUT2D eigenvalue weighted by atomic mass is 35.5. The van der Waals surface area contributed by atoms with Crippen LogP contribution in [0.5, 0.6) is 11.5 Å². The van der Waals surface area contributed by atoms with E-state index in [1.54, 1.807) is 7.11 Å². The highest BCUT2D eigenvalue weighted by Gasteiger charge is 2.41. The Bertz CT molecular complexity index is 1410. The zero-order valence-electron chi connectivity index (χ0n) is 21.9. The van der Waals surface area contributed by atoms with Crippen LogP contribution in [0.1, 0.15) is 42.7 Å². The molecule has 3 aromatic carbocycles. The summed E-state index contributed by atoms with van der Waals surface area (Å²) in [7, 11) is 1.60. The molecule has 200 valence electrons. The lowest BCUT2D eigenvalue weighted by Gasteiger charge is -2.36. The van der Waals surface area contributed by atoms with Crippen molar-refractivity contribution in [3.05, 3.63) is 118 Å². The van der Waals surface area contributed by atoms with Crippen LogP contribution in [-0.4, -0.2) is 32.1 Å². The van der Waals surface area contributed by atoms with Crippen molar-refractivity contribution in [3.8, 4) is 11.5 Å². The number of rotatable bonds is 8. The number of para-hydroxylation sites is 1. The van der Waals surface area contributed by atoms with Gasteiger partial charge in [-0.15, -0.1) is 0 Å². The first-order valence-corrected chi connectivity index (χ1v) is 13.3. The van der Waals surface area contributed by atoms with Gasteiger partial charge in [0.1, 0.15) is 24.7 Å². The van der Waals surface area contributed by atoms with Crippen molar-refractivity contribution in [2.75, 3.05) is 20.3 Å². The molecule has 0 bridgehead atoms. The van der Waals surface area contributed by atoms with Crippen LogP contribution < -0.4 is 14.8 Å². The second-order valence-electron chi connectivity index (χ2n) is 9.64. The molecule has 1 aliphatic carbocycles. The number of carbonyl (C=O) groups excluding carboxylic acids is 2. The van der Waals surface area contributed by atoms with Gasteiger partial charge < -0.3 is 19.5 Å². The van der Waals surface area contributed by atoms with Crippen LogP contribution in [-0.2, 0) is 14.3 Å². The lowest BCUT2D eigenvalue weighted by atomic mass is 9.72. The van der Waals surface area contributed by atoms with E-state index in [0.29, 0.717) is 46.2 Å². The first kappa shape index (κ1) is 26.6. The Labute approximate surface area is 233 Å². The molecule has 2 aliphatic rings. The molecule has 2 atom stereocenters. The lowest BCUT2D eigenvalue weighted by Crippen LogP contribution is -2.36. The Morgan fingerprint density at radius 1 is 0.897 bits per heavy atom.